The smallest absolute Gasteiger partial charge is 0.306 e. The molecule has 0 spiro atoms. The molecule has 0 aliphatic carbocycles. The monoisotopic (exact) mass is 977 g/mol. The maximum absolute atomic E-state index is 12.9. The predicted molar refractivity (Wildman–Crippen MR) is 302 cm³/mol. The summed E-state index contributed by atoms with van der Waals surface area (Å²) >= 11 is 0. The number of hydrogen-bond acceptors (Lipinski definition) is 6. The van der Waals surface area contributed by atoms with Crippen molar-refractivity contribution in [1.82, 2.24) is 0 Å². The summed E-state index contributed by atoms with van der Waals surface area (Å²) in [4.78, 5) is 38.1. The molecule has 0 aliphatic heterocycles. The van der Waals surface area contributed by atoms with Crippen molar-refractivity contribution in [2.24, 2.45) is 0 Å². The Hall–Kier alpha value is -3.15. The predicted octanol–water partition coefficient (Wildman–Crippen LogP) is 20.2. The lowest BCUT2D eigenvalue weighted by Gasteiger charge is -2.18. The molecule has 0 aromatic rings. The van der Waals surface area contributed by atoms with Crippen LogP contribution in [0.2, 0.25) is 0 Å². The van der Waals surface area contributed by atoms with Crippen LogP contribution in [0, 0.1) is 0 Å². The van der Waals surface area contributed by atoms with Crippen molar-refractivity contribution >= 4 is 17.9 Å². The highest BCUT2D eigenvalue weighted by Gasteiger charge is 2.19. The fourth-order valence-electron chi connectivity index (χ4n) is 8.47. The number of esters is 3. The third kappa shape index (κ3) is 55.8. The summed E-state index contributed by atoms with van der Waals surface area (Å²) in [6.45, 7) is 6.52. The molecule has 1 unspecified atom stereocenters. The summed E-state index contributed by atoms with van der Waals surface area (Å²) in [7, 11) is 0. The number of ether oxygens (including phenoxy) is 3. The molecule has 0 heterocycles. The van der Waals surface area contributed by atoms with Gasteiger partial charge in [0, 0.05) is 19.3 Å². The molecule has 0 bridgehead atoms. The molecule has 0 aromatic carbocycles. The van der Waals surface area contributed by atoms with Gasteiger partial charge in [0.25, 0.3) is 0 Å². The number of carbonyl (C=O) groups is 3. The van der Waals surface area contributed by atoms with Crippen LogP contribution < -0.4 is 0 Å². The van der Waals surface area contributed by atoms with Gasteiger partial charge < -0.3 is 14.2 Å². The molecule has 404 valence electrons. The van der Waals surface area contributed by atoms with E-state index in [-0.39, 0.29) is 31.1 Å². The second kappa shape index (κ2) is 58.4. The Morgan fingerprint density at radius 3 is 0.886 bits per heavy atom. The first-order valence-electron chi connectivity index (χ1n) is 29.9. The molecule has 0 aliphatic rings. The second-order valence-corrected chi connectivity index (χ2v) is 19.9. The molecule has 6 nitrogen and oxygen atoms in total. The average Bonchev–Trinajstić information content (AvgIpc) is 3.36. The lowest BCUT2D eigenvalue weighted by atomic mass is 10.1. The van der Waals surface area contributed by atoms with Crippen molar-refractivity contribution in [2.75, 3.05) is 13.2 Å². The highest BCUT2D eigenvalue weighted by atomic mass is 16.6. The minimum absolute atomic E-state index is 0.0772. The minimum Gasteiger partial charge on any atom is -0.462 e. The fourth-order valence-corrected chi connectivity index (χ4v) is 8.47. The number of hydrogen-bond donors (Lipinski definition) is 0. The minimum atomic E-state index is -0.779. The topological polar surface area (TPSA) is 78.9 Å². The molecule has 0 saturated heterocycles. The average molecular weight is 978 g/mol. The molecule has 0 rings (SSSR count). The largest absolute Gasteiger partial charge is 0.462 e. The second-order valence-electron chi connectivity index (χ2n) is 19.9. The molecule has 0 radical (unpaired) electrons. The maximum Gasteiger partial charge on any atom is 0.306 e. The quantitative estimate of drug-likeness (QED) is 0.0261. The Labute approximate surface area is 433 Å². The Bertz CT molecular complexity index is 1310. The Kier molecular flexibility index (Phi) is 55.8. The number of unbranched alkanes of at least 4 members (excludes halogenated alkanes) is 31. The standard InChI is InChI=1S/C64H112O6/c1-4-7-10-13-16-19-22-24-26-28-30-31-32-33-35-36-38-40-42-45-48-51-54-57-63(66)69-60-61(59-68-62(65)56-53-50-47-44-21-18-15-12-9-6-3)70-64(67)58-55-52-49-46-43-41-39-37-34-29-27-25-23-20-17-14-11-8-5-2/h7,10,16,19,24-27,30-31,33,35,61H,4-6,8-9,11-15,17-18,20-23,28-29,32,34,36-60H2,1-3H3/b10-7-,19-16-,26-24-,27-25-,31-30-,35-33-. The molecule has 70 heavy (non-hydrogen) atoms. The van der Waals surface area contributed by atoms with Crippen molar-refractivity contribution in [3.63, 3.8) is 0 Å². The lowest BCUT2D eigenvalue weighted by Crippen LogP contribution is -2.30. The normalized spacial score (nSPS) is 12.6. The number of allylic oxidation sites excluding steroid dienone is 12. The van der Waals surface area contributed by atoms with Crippen molar-refractivity contribution in [3.05, 3.63) is 72.9 Å². The zero-order valence-corrected chi connectivity index (χ0v) is 46.3. The first-order valence-corrected chi connectivity index (χ1v) is 29.9. The molecule has 0 amide bonds. The summed E-state index contributed by atoms with van der Waals surface area (Å²) in [6, 6.07) is 0. The third-order valence-electron chi connectivity index (χ3n) is 12.9. The van der Waals surface area contributed by atoms with Crippen LogP contribution in [-0.2, 0) is 28.6 Å². The van der Waals surface area contributed by atoms with Crippen LogP contribution in [0.25, 0.3) is 0 Å². The van der Waals surface area contributed by atoms with Crippen LogP contribution in [0.15, 0.2) is 72.9 Å². The highest BCUT2D eigenvalue weighted by molar-refractivity contribution is 5.71. The van der Waals surface area contributed by atoms with Gasteiger partial charge in [0.15, 0.2) is 6.10 Å². The Morgan fingerprint density at radius 2 is 0.557 bits per heavy atom. The van der Waals surface area contributed by atoms with Gasteiger partial charge in [-0.25, -0.2) is 0 Å². The van der Waals surface area contributed by atoms with Crippen LogP contribution in [-0.4, -0.2) is 37.2 Å². The molecular formula is C64H112O6. The lowest BCUT2D eigenvalue weighted by molar-refractivity contribution is -0.167. The molecule has 0 N–H and O–H groups in total. The molecular weight excluding hydrogens is 865 g/mol. The van der Waals surface area contributed by atoms with E-state index < -0.39 is 6.10 Å². The molecule has 6 heteroatoms. The van der Waals surface area contributed by atoms with E-state index in [1.807, 2.05) is 0 Å². The summed E-state index contributed by atoms with van der Waals surface area (Å²) < 4.78 is 16.9. The summed E-state index contributed by atoms with van der Waals surface area (Å²) in [6.07, 6.45) is 74.7. The fraction of sp³-hybridized carbons (Fsp3) is 0.766. The van der Waals surface area contributed by atoms with E-state index in [2.05, 4.69) is 93.7 Å². The van der Waals surface area contributed by atoms with Crippen LogP contribution >= 0.6 is 0 Å². The van der Waals surface area contributed by atoms with Crippen LogP contribution in [0.1, 0.15) is 297 Å². The van der Waals surface area contributed by atoms with E-state index in [0.29, 0.717) is 19.3 Å². The SMILES string of the molecule is CC/C=C\C/C=C\C/C=C\C/C=C\C/C=C\CCCCCCCCCC(=O)OCC(COC(=O)CCCCCCCCCCCC)OC(=O)CCCCCCCCCCC/C=C\CCCCCCCC. The molecule has 0 saturated carbocycles. The van der Waals surface area contributed by atoms with Crippen molar-refractivity contribution in [2.45, 2.75) is 303 Å². The van der Waals surface area contributed by atoms with Crippen LogP contribution in [0.3, 0.4) is 0 Å². The Balaban J connectivity index is 4.30. The zero-order valence-electron chi connectivity index (χ0n) is 46.3. The molecule has 1 atom stereocenters. The first-order chi connectivity index (χ1) is 34.5. The van der Waals surface area contributed by atoms with Gasteiger partial charge in [0.2, 0.25) is 0 Å². The van der Waals surface area contributed by atoms with E-state index in [4.69, 9.17) is 14.2 Å². The van der Waals surface area contributed by atoms with Gasteiger partial charge >= 0.3 is 17.9 Å². The highest BCUT2D eigenvalue weighted by Crippen LogP contribution is 2.16. The van der Waals surface area contributed by atoms with Crippen LogP contribution in [0.4, 0.5) is 0 Å². The van der Waals surface area contributed by atoms with E-state index in [0.717, 1.165) is 96.3 Å². The van der Waals surface area contributed by atoms with Gasteiger partial charge in [0.05, 0.1) is 0 Å². The number of carbonyl (C=O) groups excluding carboxylic acids is 3. The number of rotatable bonds is 54. The van der Waals surface area contributed by atoms with Gasteiger partial charge in [-0.15, -0.1) is 0 Å². The van der Waals surface area contributed by atoms with Gasteiger partial charge in [-0.1, -0.05) is 261 Å². The van der Waals surface area contributed by atoms with E-state index in [1.165, 1.54) is 161 Å². The summed E-state index contributed by atoms with van der Waals surface area (Å²) in [5.74, 6) is -0.882. The van der Waals surface area contributed by atoms with Crippen molar-refractivity contribution in [3.8, 4) is 0 Å². The van der Waals surface area contributed by atoms with Crippen molar-refractivity contribution < 1.29 is 28.6 Å². The van der Waals surface area contributed by atoms with E-state index in [9.17, 15) is 14.4 Å². The zero-order chi connectivity index (χ0) is 50.7. The maximum atomic E-state index is 12.9. The van der Waals surface area contributed by atoms with Gasteiger partial charge in [-0.3, -0.25) is 14.4 Å². The van der Waals surface area contributed by atoms with Gasteiger partial charge in [-0.05, 0) is 89.9 Å². The van der Waals surface area contributed by atoms with E-state index >= 15 is 0 Å². The Morgan fingerprint density at radius 1 is 0.300 bits per heavy atom. The molecule has 0 aromatic heterocycles. The van der Waals surface area contributed by atoms with Gasteiger partial charge in [-0.2, -0.15) is 0 Å². The third-order valence-corrected chi connectivity index (χ3v) is 12.9. The molecule has 0 fully saturated rings. The van der Waals surface area contributed by atoms with E-state index in [1.54, 1.807) is 0 Å². The van der Waals surface area contributed by atoms with Gasteiger partial charge in [0.1, 0.15) is 13.2 Å². The summed E-state index contributed by atoms with van der Waals surface area (Å²) in [5.41, 5.74) is 0. The van der Waals surface area contributed by atoms with Crippen molar-refractivity contribution in [1.29, 1.82) is 0 Å². The summed E-state index contributed by atoms with van der Waals surface area (Å²) in [5, 5.41) is 0. The van der Waals surface area contributed by atoms with Crippen LogP contribution in [0.5, 0.6) is 0 Å². The first kappa shape index (κ1) is 66.9.